The first-order chi connectivity index (χ1) is 18.8. The minimum absolute atomic E-state index is 0.105. The van der Waals surface area contributed by atoms with Crippen molar-refractivity contribution >= 4 is 11.8 Å². The van der Waals surface area contributed by atoms with Gasteiger partial charge in [0.05, 0.1) is 25.4 Å². The molecule has 0 aromatic heterocycles. The number of hydrogen-bond acceptors (Lipinski definition) is 8. The maximum absolute atomic E-state index is 13.6. The monoisotopic (exact) mass is 532 g/mol. The van der Waals surface area contributed by atoms with E-state index in [0.717, 1.165) is 38.9 Å². The molecule has 0 unspecified atom stereocenters. The highest BCUT2D eigenvalue weighted by molar-refractivity contribution is 6.10. The molecule has 8 heteroatoms. The quantitative estimate of drug-likeness (QED) is 0.346. The van der Waals surface area contributed by atoms with Crippen LogP contribution in [0.1, 0.15) is 51.4 Å². The van der Waals surface area contributed by atoms with Crippen molar-refractivity contribution in [2.24, 2.45) is 0 Å². The third-order valence-corrected chi connectivity index (χ3v) is 7.09. The van der Waals surface area contributed by atoms with E-state index in [2.05, 4.69) is 6.07 Å². The highest BCUT2D eigenvalue weighted by atomic mass is 16.7. The first-order valence-electron chi connectivity index (χ1n) is 12.8. The van der Waals surface area contributed by atoms with Gasteiger partial charge >= 0.3 is 5.97 Å². The van der Waals surface area contributed by atoms with Crippen molar-refractivity contribution in [3.05, 3.63) is 81.9 Å². The van der Waals surface area contributed by atoms with Crippen molar-refractivity contribution in [3.63, 3.8) is 0 Å². The van der Waals surface area contributed by atoms with E-state index in [0.29, 0.717) is 30.3 Å². The first kappa shape index (κ1) is 26.9. The number of ketones is 1. The number of ether oxygens (including phenoxy) is 6. The van der Waals surface area contributed by atoms with Crippen molar-refractivity contribution in [2.45, 2.75) is 45.9 Å². The maximum Gasteiger partial charge on any atom is 0.305 e. The lowest BCUT2D eigenvalue weighted by Gasteiger charge is -2.25. The fourth-order valence-corrected chi connectivity index (χ4v) is 5.45. The zero-order chi connectivity index (χ0) is 27.7. The Balaban J connectivity index is 1.37. The molecule has 1 atom stereocenters. The molecule has 0 radical (unpaired) electrons. The Kier molecular flexibility index (Phi) is 7.44. The van der Waals surface area contributed by atoms with Crippen LogP contribution in [0.2, 0.25) is 0 Å². The molecule has 2 aliphatic rings. The van der Waals surface area contributed by atoms with E-state index in [4.69, 9.17) is 28.4 Å². The Labute approximate surface area is 227 Å². The molecule has 3 aromatic rings. The Hall–Kier alpha value is -3.72. The van der Waals surface area contributed by atoms with Crippen molar-refractivity contribution in [1.29, 1.82) is 0 Å². The summed E-state index contributed by atoms with van der Waals surface area (Å²) in [7, 11) is 3.09. The number of hydrogen-bond donors (Lipinski definition) is 0. The summed E-state index contributed by atoms with van der Waals surface area (Å²) in [5, 5.41) is 0. The summed E-state index contributed by atoms with van der Waals surface area (Å²) in [6.07, 6.45) is -0.673. The normalized spacial score (nSPS) is 16.9. The van der Waals surface area contributed by atoms with Crippen LogP contribution < -0.4 is 9.47 Å². The number of aryl methyl sites for hydroxylation is 1. The first-order valence-corrected chi connectivity index (χ1v) is 12.8. The van der Waals surface area contributed by atoms with Crippen LogP contribution in [-0.2, 0) is 37.0 Å². The maximum atomic E-state index is 13.6. The molecule has 0 fully saturated rings. The van der Waals surface area contributed by atoms with Gasteiger partial charge in [-0.3, -0.25) is 9.59 Å². The van der Waals surface area contributed by atoms with Crippen LogP contribution in [0.5, 0.6) is 11.5 Å². The van der Waals surface area contributed by atoms with Gasteiger partial charge in [0.2, 0.25) is 17.7 Å². The molecule has 0 N–H and O–H groups in total. The van der Waals surface area contributed by atoms with E-state index < -0.39 is 11.9 Å². The van der Waals surface area contributed by atoms with E-state index >= 15 is 0 Å². The molecule has 0 saturated carbocycles. The number of carbonyl (C=O) groups is 2. The van der Waals surface area contributed by atoms with Crippen LogP contribution in [-0.4, -0.2) is 44.8 Å². The van der Waals surface area contributed by atoms with Crippen LogP contribution in [0, 0.1) is 13.8 Å². The predicted molar refractivity (Wildman–Crippen MR) is 143 cm³/mol. The number of esters is 1. The zero-order valence-corrected chi connectivity index (χ0v) is 22.8. The SMILES string of the molecule is COCC1(COC)Oc2cc(C)c(-c3cccc(COc4ccc5c(c4)CO[C@H]5OC(C)=O)c3)c(C)c2C1=O. The molecule has 0 aliphatic carbocycles. The minimum atomic E-state index is -1.18. The number of carbonyl (C=O) groups excluding carboxylic acids is 2. The molecular formula is C31H32O8. The van der Waals surface area contributed by atoms with E-state index in [-0.39, 0.29) is 25.0 Å². The molecule has 5 rings (SSSR count). The van der Waals surface area contributed by atoms with E-state index in [1.165, 1.54) is 6.92 Å². The predicted octanol–water partition coefficient (Wildman–Crippen LogP) is 5.25. The molecule has 0 amide bonds. The Morgan fingerprint density at radius 1 is 1.03 bits per heavy atom. The van der Waals surface area contributed by atoms with Crippen molar-refractivity contribution in [2.75, 3.05) is 27.4 Å². The lowest BCUT2D eigenvalue weighted by Crippen LogP contribution is -2.48. The van der Waals surface area contributed by atoms with Gasteiger partial charge < -0.3 is 28.4 Å². The third-order valence-electron chi connectivity index (χ3n) is 7.09. The standard InChI is InChI=1S/C31H32O8/c1-18-11-26-28(29(33)31(39-26,16-34-4)17-35-5)19(2)27(18)22-8-6-7-21(12-22)14-36-24-9-10-25-23(13-24)15-37-30(25)38-20(3)32/h6-13,30H,14-17H2,1-5H3/t30-/m0/s1. The number of methoxy groups -OCH3 is 2. The lowest BCUT2D eigenvalue weighted by atomic mass is 9.87. The molecule has 2 heterocycles. The summed E-state index contributed by atoms with van der Waals surface area (Å²) in [5.74, 6) is 0.745. The zero-order valence-electron chi connectivity index (χ0n) is 22.8. The van der Waals surface area contributed by atoms with E-state index in [9.17, 15) is 9.59 Å². The van der Waals surface area contributed by atoms with Gasteiger partial charge in [-0.05, 0) is 77.6 Å². The average molecular weight is 533 g/mol. The van der Waals surface area contributed by atoms with Crippen LogP contribution in [0.4, 0.5) is 0 Å². The second-order valence-electron chi connectivity index (χ2n) is 9.96. The summed E-state index contributed by atoms with van der Waals surface area (Å²) >= 11 is 0. The molecular weight excluding hydrogens is 500 g/mol. The van der Waals surface area contributed by atoms with Gasteiger partial charge in [0.15, 0.2) is 0 Å². The molecule has 39 heavy (non-hydrogen) atoms. The Bertz CT molecular complexity index is 1420. The third kappa shape index (κ3) is 5.03. The van der Waals surface area contributed by atoms with Crippen molar-refractivity contribution in [3.8, 4) is 22.6 Å². The van der Waals surface area contributed by atoms with Gasteiger partial charge in [-0.1, -0.05) is 18.2 Å². The lowest BCUT2D eigenvalue weighted by molar-refractivity contribution is -0.175. The van der Waals surface area contributed by atoms with Crippen molar-refractivity contribution in [1.82, 2.24) is 0 Å². The number of rotatable bonds is 9. The van der Waals surface area contributed by atoms with Gasteiger partial charge in [0.25, 0.3) is 0 Å². The number of fused-ring (bicyclic) bond motifs is 2. The van der Waals surface area contributed by atoms with Crippen LogP contribution in [0.25, 0.3) is 11.1 Å². The Morgan fingerprint density at radius 3 is 2.51 bits per heavy atom. The number of benzene rings is 3. The van der Waals surface area contributed by atoms with Crippen molar-refractivity contribution < 1.29 is 38.0 Å². The molecule has 0 bridgehead atoms. The van der Waals surface area contributed by atoms with Gasteiger partial charge in [0.1, 0.15) is 18.1 Å². The van der Waals surface area contributed by atoms with Gasteiger partial charge in [-0.2, -0.15) is 0 Å². The van der Waals surface area contributed by atoms with Gasteiger partial charge in [-0.15, -0.1) is 0 Å². The molecule has 2 aliphatic heterocycles. The van der Waals surface area contributed by atoms with Crippen LogP contribution in [0.3, 0.4) is 0 Å². The largest absolute Gasteiger partial charge is 0.489 e. The summed E-state index contributed by atoms with van der Waals surface area (Å²) in [5.41, 5.74) is 5.98. The smallest absolute Gasteiger partial charge is 0.305 e. The molecule has 0 spiro atoms. The summed E-state index contributed by atoms with van der Waals surface area (Å²) in [6.45, 7) is 6.26. The minimum Gasteiger partial charge on any atom is -0.489 e. The fourth-order valence-electron chi connectivity index (χ4n) is 5.45. The topological polar surface area (TPSA) is 89.5 Å². The summed E-state index contributed by atoms with van der Waals surface area (Å²) in [6, 6.07) is 15.6. The van der Waals surface area contributed by atoms with E-state index in [1.807, 2.05) is 56.3 Å². The second-order valence-corrected chi connectivity index (χ2v) is 9.96. The number of Topliss-reactive ketones (excluding diaryl/α,β-unsaturated/α-hetero) is 1. The van der Waals surface area contributed by atoms with E-state index in [1.54, 1.807) is 14.2 Å². The average Bonchev–Trinajstić information content (AvgIpc) is 3.40. The Morgan fingerprint density at radius 2 is 1.79 bits per heavy atom. The fraction of sp³-hybridized carbons (Fsp3) is 0.355. The highest BCUT2D eigenvalue weighted by Crippen LogP contribution is 2.43. The van der Waals surface area contributed by atoms with Crippen LogP contribution in [0.15, 0.2) is 48.5 Å². The molecule has 0 saturated heterocycles. The van der Waals surface area contributed by atoms with Gasteiger partial charge in [-0.25, -0.2) is 0 Å². The summed E-state index contributed by atoms with van der Waals surface area (Å²) in [4.78, 5) is 24.9. The molecule has 8 nitrogen and oxygen atoms in total. The van der Waals surface area contributed by atoms with Crippen LogP contribution >= 0.6 is 0 Å². The molecule has 204 valence electrons. The second kappa shape index (κ2) is 10.8. The van der Waals surface area contributed by atoms with Gasteiger partial charge in [0, 0.05) is 26.7 Å². The molecule has 3 aromatic carbocycles. The highest BCUT2D eigenvalue weighted by Gasteiger charge is 2.49. The summed E-state index contributed by atoms with van der Waals surface area (Å²) < 4.78 is 33.7.